The van der Waals surface area contributed by atoms with Crippen LogP contribution in [0.3, 0.4) is 0 Å². The van der Waals surface area contributed by atoms with Gasteiger partial charge in [-0.15, -0.1) is 0 Å². The lowest BCUT2D eigenvalue weighted by Crippen LogP contribution is -2.45. The van der Waals surface area contributed by atoms with Gasteiger partial charge in [0.15, 0.2) is 17.5 Å². The minimum absolute atomic E-state index is 0.0516. The number of hydrogen-bond donors (Lipinski definition) is 2. The van der Waals surface area contributed by atoms with Gasteiger partial charge in [-0.2, -0.15) is 4.72 Å². The second-order valence-corrected chi connectivity index (χ2v) is 8.10. The zero-order valence-electron chi connectivity index (χ0n) is 15.5. The Balaban J connectivity index is 1.89. The molecule has 156 valence electrons. The van der Waals surface area contributed by atoms with Crippen molar-refractivity contribution < 1.29 is 26.4 Å². The van der Waals surface area contributed by atoms with Gasteiger partial charge in [0.25, 0.3) is 0 Å². The summed E-state index contributed by atoms with van der Waals surface area (Å²) in [6.07, 6.45) is -0.0516. The normalized spacial score (nSPS) is 12.4. The van der Waals surface area contributed by atoms with Gasteiger partial charge in [-0.3, -0.25) is 4.79 Å². The summed E-state index contributed by atoms with van der Waals surface area (Å²) >= 11 is 0. The van der Waals surface area contributed by atoms with Crippen LogP contribution in [-0.4, -0.2) is 20.4 Å². The van der Waals surface area contributed by atoms with Gasteiger partial charge < -0.3 is 5.32 Å². The average Bonchev–Trinajstić information content (AvgIpc) is 2.75. The molecule has 0 aromatic heterocycles. The Morgan fingerprint density at radius 3 is 2.07 bits per heavy atom. The first-order valence-corrected chi connectivity index (χ1v) is 10.3. The third-order valence-electron chi connectivity index (χ3n) is 4.24. The minimum Gasteiger partial charge on any atom is -0.322 e. The van der Waals surface area contributed by atoms with E-state index < -0.39 is 45.1 Å². The highest BCUT2D eigenvalue weighted by Crippen LogP contribution is 2.20. The molecular formula is C21H17F3N2O3S. The molecule has 5 nitrogen and oxygen atoms in total. The number of nitrogens with one attached hydrogen (secondary N) is 2. The first kappa shape index (κ1) is 21.5. The van der Waals surface area contributed by atoms with Crippen molar-refractivity contribution in [3.8, 4) is 0 Å². The summed E-state index contributed by atoms with van der Waals surface area (Å²) in [6, 6.07) is 16.1. The summed E-state index contributed by atoms with van der Waals surface area (Å²) in [5, 5.41) is 2.13. The van der Waals surface area contributed by atoms with Crippen LogP contribution >= 0.6 is 0 Å². The SMILES string of the molecule is O=C(Nc1ccc(F)c(F)c1F)[C@H](Cc1ccccc1)NS(=O)(=O)c1ccccc1. The summed E-state index contributed by atoms with van der Waals surface area (Å²) < 4.78 is 68.2. The maximum atomic E-state index is 13.9. The highest BCUT2D eigenvalue weighted by Gasteiger charge is 2.27. The molecule has 9 heteroatoms. The van der Waals surface area contributed by atoms with Crippen molar-refractivity contribution in [2.75, 3.05) is 5.32 Å². The maximum Gasteiger partial charge on any atom is 0.242 e. The standard InChI is InChI=1S/C21H17F3N2O3S/c22-16-11-12-17(20(24)19(16)23)25-21(27)18(13-14-7-3-1-4-8-14)26-30(28,29)15-9-5-2-6-10-15/h1-12,18,26H,13H2,(H,25,27)/t18-/m0/s1. The average molecular weight is 434 g/mol. The molecular weight excluding hydrogens is 417 g/mol. The van der Waals surface area contributed by atoms with Gasteiger partial charge in [-0.05, 0) is 36.2 Å². The minimum atomic E-state index is -4.08. The van der Waals surface area contributed by atoms with Crippen molar-refractivity contribution in [1.29, 1.82) is 0 Å². The molecule has 0 aliphatic rings. The Labute approximate surface area is 171 Å². The quantitative estimate of drug-likeness (QED) is 0.558. The number of amides is 1. The number of hydrogen-bond acceptors (Lipinski definition) is 3. The molecule has 0 saturated heterocycles. The van der Waals surface area contributed by atoms with Gasteiger partial charge in [0, 0.05) is 0 Å². The Morgan fingerprint density at radius 1 is 0.833 bits per heavy atom. The lowest BCUT2D eigenvalue weighted by atomic mass is 10.1. The van der Waals surface area contributed by atoms with E-state index in [1.807, 2.05) is 0 Å². The molecule has 3 rings (SSSR count). The van der Waals surface area contributed by atoms with Crippen LogP contribution in [0.15, 0.2) is 77.7 Å². The number of sulfonamides is 1. The first-order chi connectivity index (χ1) is 14.3. The third kappa shape index (κ3) is 5.05. The molecule has 30 heavy (non-hydrogen) atoms. The number of anilines is 1. The zero-order valence-corrected chi connectivity index (χ0v) is 16.3. The Kier molecular flexibility index (Phi) is 6.53. The molecule has 1 atom stereocenters. The van der Waals surface area contributed by atoms with Crippen LogP contribution in [0.25, 0.3) is 0 Å². The summed E-state index contributed by atoms with van der Waals surface area (Å²) in [4.78, 5) is 12.7. The fourth-order valence-corrected chi connectivity index (χ4v) is 3.95. The molecule has 0 heterocycles. The fourth-order valence-electron chi connectivity index (χ4n) is 2.73. The topological polar surface area (TPSA) is 75.3 Å². The highest BCUT2D eigenvalue weighted by atomic mass is 32.2. The molecule has 0 aliphatic heterocycles. The number of carbonyl (C=O) groups excluding carboxylic acids is 1. The molecule has 0 bridgehead atoms. The molecule has 0 radical (unpaired) electrons. The highest BCUT2D eigenvalue weighted by molar-refractivity contribution is 7.89. The molecule has 3 aromatic rings. The van der Waals surface area contributed by atoms with Crippen LogP contribution in [0, 0.1) is 17.5 Å². The van der Waals surface area contributed by atoms with Gasteiger partial charge in [-0.1, -0.05) is 48.5 Å². The second kappa shape index (κ2) is 9.10. The third-order valence-corrected chi connectivity index (χ3v) is 5.73. The number of halogens is 3. The van der Waals surface area contributed by atoms with Crippen molar-refractivity contribution >= 4 is 21.6 Å². The molecule has 0 saturated carbocycles. The van der Waals surface area contributed by atoms with Crippen LogP contribution in [0.4, 0.5) is 18.9 Å². The van der Waals surface area contributed by atoms with E-state index in [1.165, 1.54) is 24.3 Å². The molecule has 1 amide bonds. The Hall–Kier alpha value is -3.17. The van der Waals surface area contributed by atoms with E-state index in [4.69, 9.17) is 0 Å². The van der Waals surface area contributed by atoms with Gasteiger partial charge in [-0.25, -0.2) is 21.6 Å². The smallest absolute Gasteiger partial charge is 0.242 e. The van der Waals surface area contributed by atoms with E-state index in [2.05, 4.69) is 10.0 Å². The van der Waals surface area contributed by atoms with E-state index >= 15 is 0 Å². The van der Waals surface area contributed by atoms with Crippen molar-refractivity contribution in [2.24, 2.45) is 0 Å². The summed E-state index contributed by atoms with van der Waals surface area (Å²) in [6.45, 7) is 0. The van der Waals surface area contributed by atoms with Crippen LogP contribution in [0.1, 0.15) is 5.56 Å². The van der Waals surface area contributed by atoms with E-state index in [-0.39, 0.29) is 11.3 Å². The Bertz CT molecular complexity index is 1140. The summed E-state index contributed by atoms with van der Waals surface area (Å²) in [7, 11) is -4.08. The monoisotopic (exact) mass is 434 g/mol. The van der Waals surface area contributed by atoms with Crippen LogP contribution in [0.5, 0.6) is 0 Å². The van der Waals surface area contributed by atoms with Crippen molar-refractivity contribution in [3.63, 3.8) is 0 Å². The second-order valence-electron chi connectivity index (χ2n) is 6.39. The van der Waals surface area contributed by atoms with Gasteiger partial charge in [0.05, 0.1) is 10.6 Å². The largest absolute Gasteiger partial charge is 0.322 e. The molecule has 0 unspecified atom stereocenters. The maximum absolute atomic E-state index is 13.9. The Morgan fingerprint density at radius 2 is 1.43 bits per heavy atom. The fraction of sp³-hybridized carbons (Fsp3) is 0.0952. The summed E-state index contributed by atoms with van der Waals surface area (Å²) in [5.74, 6) is -5.65. The molecule has 2 N–H and O–H groups in total. The molecule has 0 fully saturated rings. The molecule has 0 spiro atoms. The van der Waals surface area contributed by atoms with Crippen molar-refractivity contribution in [2.45, 2.75) is 17.4 Å². The van der Waals surface area contributed by atoms with Crippen LogP contribution in [-0.2, 0) is 21.2 Å². The van der Waals surface area contributed by atoms with Crippen molar-refractivity contribution in [3.05, 3.63) is 95.8 Å². The van der Waals surface area contributed by atoms with E-state index in [9.17, 15) is 26.4 Å². The summed E-state index contributed by atoms with van der Waals surface area (Å²) in [5.41, 5.74) is 0.0371. The predicted octanol–water partition coefficient (Wildman–Crippen LogP) is 3.63. The lowest BCUT2D eigenvalue weighted by molar-refractivity contribution is -0.117. The number of benzene rings is 3. The van der Waals surface area contributed by atoms with E-state index in [0.29, 0.717) is 11.6 Å². The molecule has 3 aromatic carbocycles. The first-order valence-electron chi connectivity index (χ1n) is 8.83. The van der Waals surface area contributed by atoms with Crippen molar-refractivity contribution in [1.82, 2.24) is 4.72 Å². The van der Waals surface area contributed by atoms with E-state index in [0.717, 1.165) is 6.07 Å². The number of carbonyl (C=O) groups is 1. The van der Waals surface area contributed by atoms with Crippen LogP contribution in [0.2, 0.25) is 0 Å². The molecule has 0 aliphatic carbocycles. The van der Waals surface area contributed by atoms with Crippen LogP contribution < -0.4 is 10.0 Å². The zero-order chi connectivity index (χ0) is 21.7. The van der Waals surface area contributed by atoms with Gasteiger partial charge >= 0.3 is 0 Å². The van der Waals surface area contributed by atoms with E-state index in [1.54, 1.807) is 36.4 Å². The number of rotatable bonds is 7. The van der Waals surface area contributed by atoms with Gasteiger partial charge in [0.2, 0.25) is 15.9 Å². The van der Waals surface area contributed by atoms with Gasteiger partial charge in [0.1, 0.15) is 6.04 Å². The predicted molar refractivity (Wildman–Crippen MR) is 106 cm³/mol. The lowest BCUT2D eigenvalue weighted by Gasteiger charge is -2.19.